The van der Waals surface area contributed by atoms with E-state index in [1.165, 1.54) is 32.6 Å². The molecule has 0 bridgehead atoms. The third kappa shape index (κ3) is 3.90. The van der Waals surface area contributed by atoms with E-state index in [4.69, 9.17) is 9.97 Å². The Hall–Kier alpha value is -6.52. The predicted octanol–water partition coefficient (Wildman–Crippen LogP) is 11.2. The van der Waals surface area contributed by atoms with Crippen molar-refractivity contribution >= 4 is 54.6 Å². The molecule has 0 aliphatic heterocycles. The van der Waals surface area contributed by atoms with Gasteiger partial charge >= 0.3 is 0 Å². The number of aromatic nitrogens is 4. The summed E-state index contributed by atoms with van der Waals surface area (Å²) >= 11 is 0. The molecule has 3 aromatic heterocycles. The molecule has 0 amide bonds. The summed E-state index contributed by atoms with van der Waals surface area (Å²) in [5.41, 5.74) is 12.4. The van der Waals surface area contributed by atoms with Gasteiger partial charge in [0.25, 0.3) is 0 Å². The Balaban J connectivity index is 1.33. The molecule has 3 heterocycles. The average Bonchev–Trinajstić information content (AvgIpc) is 3.68. The van der Waals surface area contributed by atoms with Gasteiger partial charge in [0.15, 0.2) is 0 Å². The Morgan fingerprint density at radius 2 is 0.854 bits per heavy atom. The number of benzene rings is 7. The second-order valence-corrected chi connectivity index (χ2v) is 12.2. The first-order valence-corrected chi connectivity index (χ1v) is 16.3. The molecule has 0 saturated carbocycles. The van der Waals surface area contributed by atoms with E-state index in [0.29, 0.717) is 0 Å². The molecule has 0 atom stereocenters. The smallest absolute Gasteiger partial charge is 0.113 e. The normalized spacial score (nSPS) is 11.8. The number of hydrogen-bond donors (Lipinski definition) is 0. The van der Waals surface area contributed by atoms with Gasteiger partial charge in [-0.1, -0.05) is 121 Å². The van der Waals surface area contributed by atoms with Gasteiger partial charge in [-0.3, -0.25) is 0 Å². The molecular weight excluding hydrogens is 585 g/mol. The third-order valence-electron chi connectivity index (χ3n) is 9.50. The van der Waals surface area contributed by atoms with Crippen molar-refractivity contribution in [2.75, 3.05) is 0 Å². The molecule has 0 aliphatic carbocycles. The Morgan fingerprint density at radius 1 is 0.354 bits per heavy atom. The van der Waals surface area contributed by atoms with Crippen LogP contribution in [0.15, 0.2) is 170 Å². The van der Waals surface area contributed by atoms with Gasteiger partial charge in [-0.15, -0.1) is 0 Å². The fraction of sp³-hybridized carbons (Fsp3) is 0. The molecule has 0 unspecified atom stereocenters. The first-order chi connectivity index (χ1) is 23.8. The van der Waals surface area contributed by atoms with E-state index < -0.39 is 0 Å². The number of para-hydroxylation sites is 4. The minimum Gasteiger partial charge on any atom is -0.309 e. The predicted molar refractivity (Wildman–Crippen MR) is 199 cm³/mol. The van der Waals surface area contributed by atoms with Crippen LogP contribution in [-0.4, -0.2) is 19.1 Å². The SMILES string of the molecule is c1ccc(-c2nc3cccc(-n4c5ccccc5c5c6c7ccccc7n(-c7ccccc7)c6ccc54)c3nc2-c2ccccc2)cc1. The first kappa shape index (κ1) is 26.7. The van der Waals surface area contributed by atoms with Crippen LogP contribution in [0.5, 0.6) is 0 Å². The van der Waals surface area contributed by atoms with Gasteiger partial charge in [-0.25, -0.2) is 9.97 Å². The van der Waals surface area contributed by atoms with E-state index in [1.807, 2.05) is 12.1 Å². The van der Waals surface area contributed by atoms with Crippen molar-refractivity contribution in [3.63, 3.8) is 0 Å². The highest BCUT2D eigenvalue weighted by atomic mass is 15.0. The number of nitrogens with zero attached hydrogens (tertiary/aromatic N) is 4. The van der Waals surface area contributed by atoms with Gasteiger partial charge < -0.3 is 9.13 Å². The Labute approximate surface area is 276 Å². The molecule has 0 radical (unpaired) electrons. The van der Waals surface area contributed by atoms with Gasteiger partial charge in [0, 0.05) is 38.4 Å². The fourth-order valence-corrected chi connectivity index (χ4v) is 7.47. The molecule has 4 nitrogen and oxygen atoms in total. The summed E-state index contributed by atoms with van der Waals surface area (Å²) in [5.74, 6) is 0. The number of rotatable bonds is 4. The van der Waals surface area contributed by atoms with E-state index in [1.54, 1.807) is 0 Å². The van der Waals surface area contributed by atoms with Crippen LogP contribution in [0.2, 0.25) is 0 Å². The minimum atomic E-state index is 0.860. The van der Waals surface area contributed by atoms with Gasteiger partial charge in [0.05, 0.1) is 44.7 Å². The maximum Gasteiger partial charge on any atom is 0.113 e. The van der Waals surface area contributed by atoms with Crippen molar-refractivity contribution in [2.45, 2.75) is 0 Å². The van der Waals surface area contributed by atoms with E-state index in [2.05, 4.69) is 167 Å². The average molecular weight is 613 g/mol. The lowest BCUT2D eigenvalue weighted by Crippen LogP contribution is -2.01. The Kier molecular flexibility index (Phi) is 5.84. The summed E-state index contributed by atoms with van der Waals surface area (Å²) < 4.78 is 4.77. The van der Waals surface area contributed by atoms with Crippen LogP contribution in [0.1, 0.15) is 0 Å². The van der Waals surface area contributed by atoms with E-state index in [0.717, 1.165) is 56.0 Å². The van der Waals surface area contributed by atoms with Crippen molar-refractivity contribution < 1.29 is 0 Å². The molecular formula is C44H28N4. The topological polar surface area (TPSA) is 35.6 Å². The highest BCUT2D eigenvalue weighted by molar-refractivity contribution is 6.29. The largest absolute Gasteiger partial charge is 0.309 e. The quantitative estimate of drug-likeness (QED) is 0.198. The van der Waals surface area contributed by atoms with Gasteiger partial charge in [-0.05, 0) is 48.5 Å². The van der Waals surface area contributed by atoms with Crippen LogP contribution in [0.3, 0.4) is 0 Å². The van der Waals surface area contributed by atoms with E-state index >= 15 is 0 Å². The Morgan fingerprint density at radius 3 is 1.48 bits per heavy atom. The van der Waals surface area contributed by atoms with Gasteiger partial charge in [-0.2, -0.15) is 0 Å². The first-order valence-electron chi connectivity index (χ1n) is 16.3. The van der Waals surface area contributed by atoms with Crippen LogP contribution in [0.4, 0.5) is 0 Å². The summed E-state index contributed by atoms with van der Waals surface area (Å²) in [7, 11) is 0. The number of hydrogen-bond acceptors (Lipinski definition) is 2. The van der Waals surface area contributed by atoms with Crippen molar-refractivity contribution in [3.05, 3.63) is 170 Å². The van der Waals surface area contributed by atoms with Crippen LogP contribution >= 0.6 is 0 Å². The van der Waals surface area contributed by atoms with E-state index in [-0.39, 0.29) is 0 Å². The molecule has 10 rings (SSSR count). The summed E-state index contributed by atoms with van der Waals surface area (Å²) in [6.07, 6.45) is 0. The lowest BCUT2D eigenvalue weighted by atomic mass is 10.0. The standard InChI is InChI=1S/C44H28N4/c1-4-15-29(16-5-1)42-43(30-17-6-2-7-18-30)46-44-34(45-42)23-14-26-39(44)48-36-25-13-11-22-33(36)41-38(48)28-27-37-40(41)32-21-10-12-24-35(32)47(37)31-19-8-3-9-20-31/h1-28H. The molecule has 10 aromatic rings. The summed E-state index contributed by atoms with van der Waals surface area (Å²) in [4.78, 5) is 10.8. The van der Waals surface area contributed by atoms with Crippen molar-refractivity contribution in [1.82, 2.24) is 19.1 Å². The molecule has 4 heteroatoms. The van der Waals surface area contributed by atoms with E-state index in [9.17, 15) is 0 Å². The zero-order valence-electron chi connectivity index (χ0n) is 26.0. The van der Waals surface area contributed by atoms with Crippen LogP contribution < -0.4 is 0 Å². The molecule has 0 saturated heterocycles. The van der Waals surface area contributed by atoms with Gasteiger partial charge in [0.1, 0.15) is 5.52 Å². The molecule has 224 valence electrons. The van der Waals surface area contributed by atoms with Crippen molar-refractivity contribution in [2.24, 2.45) is 0 Å². The van der Waals surface area contributed by atoms with Crippen LogP contribution in [0.25, 0.3) is 88.5 Å². The highest BCUT2D eigenvalue weighted by Gasteiger charge is 2.22. The highest BCUT2D eigenvalue weighted by Crippen LogP contribution is 2.43. The molecule has 0 aliphatic rings. The maximum atomic E-state index is 5.46. The summed E-state index contributed by atoms with van der Waals surface area (Å²) in [5, 5.41) is 4.94. The molecule has 0 spiro atoms. The minimum absolute atomic E-state index is 0.860. The molecule has 48 heavy (non-hydrogen) atoms. The van der Waals surface area contributed by atoms with Crippen LogP contribution in [-0.2, 0) is 0 Å². The second kappa shape index (κ2) is 10.5. The molecule has 7 aromatic carbocycles. The maximum absolute atomic E-state index is 5.46. The zero-order valence-corrected chi connectivity index (χ0v) is 26.0. The summed E-state index contributed by atoms with van der Waals surface area (Å²) in [6.45, 7) is 0. The lowest BCUT2D eigenvalue weighted by Gasteiger charge is -2.15. The van der Waals surface area contributed by atoms with Crippen molar-refractivity contribution in [1.29, 1.82) is 0 Å². The zero-order chi connectivity index (χ0) is 31.6. The monoisotopic (exact) mass is 612 g/mol. The second-order valence-electron chi connectivity index (χ2n) is 12.2. The number of fused-ring (bicyclic) bond motifs is 8. The fourth-order valence-electron chi connectivity index (χ4n) is 7.47. The van der Waals surface area contributed by atoms with Crippen molar-refractivity contribution in [3.8, 4) is 33.9 Å². The summed E-state index contributed by atoms with van der Waals surface area (Å²) in [6, 6.07) is 59.8. The molecule has 0 N–H and O–H groups in total. The van der Waals surface area contributed by atoms with Crippen LogP contribution in [0, 0.1) is 0 Å². The lowest BCUT2D eigenvalue weighted by molar-refractivity contribution is 1.17. The Bertz CT molecular complexity index is 2810. The van der Waals surface area contributed by atoms with Gasteiger partial charge in [0.2, 0.25) is 0 Å². The third-order valence-corrected chi connectivity index (χ3v) is 9.50. The molecule has 0 fully saturated rings.